The maximum Gasteiger partial charge on any atom is 0.274 e. The number of ether oxygens (including phenoxy) is 1. The van der Waals surface area contributed by atoms with Crippen molar-refractivity contribution in [1.82, 2.24) is 10.0 Å². The second kappa shape index (κ2) is 10.6. The van der Waals surface area contributed by atoms with Crippen LogP contribution < -0.4 is 4.74 Å². The molecule has 1 saturated heterocycles. The highest BCUT2D eigenvalue weighted by molar-refractivity contribution is 9.12. The van der Waals surface area contributed by atoms with Crippen molar-refractivity contribution in [2.24, 2.45) is 11.8 Å². The van der Waals surface area contributed by atoms with Crippen LogP contribution in [0.15, 0.2) is 42.5 Å². The molecule has 1 saturated carbocycles. The molecule has 0 bridgehead atoms. The zero-order valence-corrected chi connectivity index (χ0v) is 23.1. The third-order valence-electron chi connectivity index (χ3n) is 6.23. The quantitative estimate of drug-likeness (QED) is 0.246. The molecule has 2 aliphatic rings. The molecule has 4 rings (SSSR count). The molecule has 0 aromatic heterocycles. The molecule has 11 heteroatoms. The summed E-state index contributed by atoms with van der Waals surface area (Å²) in [5.41, 5.74) is 0.314. The van der Waals surface area contributed by atoms with Gasteiger partial charge in [0.2, 0.25) is 0 Å². The first-order chi connectivity index (χ1) is 16.6. The molecule has 3 amide bonds. The van der Waals surface area contributed by atoms with Crippen LogP contribution in [0.25, 0.3) is 0 Å². The Bertz CT molecular complexity index is 1160. The second-order valence-electron chi connectivity index (χ2n) is 8.34. The van der Waals surface area contributed by atoms with Crippen molar-refractivity contribution in [3.05, 3.63) is 63.6 Å². The minimum absolute atomic E-state index is 0.00348. The zero-order valence-electron chi connectivity index (χ0n) is 18.4. The van der Waals surface area contributed by atoms with E-state index in [-0.39, 0.29) is 20.2 Å². The van der Waals surface area contributed by atoms with Gasteiger partial charge in [-0.25, -0.2) is 5.01 Å². The van der Waals surface area contributed by atoms with Gasteiger partial charge in [-0.05, 0) is 55.3 Å². The molecular formula is C24H20Br2Cl2N2O5. The molecule has 0 spiro atoms. The summed E-state index contributed by atoms with van der Waals surface area (Å²) >= 11 is 19.3. The highest BCUT2D eigenvalue weighted by atomic mass is 79.9. The topological polar surface area (TPSA) is 84.0 Å². The number of rotatable bonds is 6. The molecule has 184 valence electrons. The highest BCUT2D eigenvalue weighted by Crippen LogP contribution is 2.44. The molecule has 0 radical (unpaired) electrons. The Morgan fingerprint density at radius 3 is 2.09 bits per heavy atom. The van der Waals surface area contributed by atoms with Crippen molar-refractivity contribution >= 4 is 78.6 Å². The van der Waals surface area contributed by atoms with E-state index in [2.05, 4.69) is 31.9 Å². The molecule has 0 unspecified atom stereocenters. The van der Waals surface area contributed by atoms with Crippen LogP contribution in [0.5, 0.6) is 5.75 Å². The van der Waals surface area contributed by atoms with Gasteiger partial charge < -0.3 is 4.74 Å². The van der Waals surface area contributed by atoms with E-state index in [9.17, 15) is 19.2 Å². The van der Waals surface area contributed by atoms with Crippen LogP contribution in [-0.4, -0.2) is 56.8 Å². The smallest absolute Gasteiger partial charge is 0.274 e. The Labute approximate surface area is 228 Å². The fourth-order valence-corrected chi connectivity index (χ4v) is 6.08. The number of fused-ring (bicyclic) bond motifs is 1. The average Bonchev–Trinajstić information content (AvgIpc) is 3.06. The van der Waals surface area contributed by atoms with E-state index in [1.165, 1.54) is 25.3 Å². The normalized spacial score (nSPS) is 23.7. The third-order valence-corrected chi connectivity index (χ3v) is 9.51. The van der Waals surface area contributed by atoms with E-state index in [4.69, 9.17) is 27.9 Å². The van der Waals surface area contributed by atoms with Crippen LogP contribution in [0.1, 0.15) is 33.6 Å². The van der Waals surface area contributed by atoms with E-state index in [0.717, 1.165) is 10.0 Å². The van der Waals surface area contributed by atoms with Crippen molar-refractivity contribution in [2.45, 2.75) is 22.5 Å². The number of imide groups is 1. The highest BCUT2D eigenvalue weighted by Gasteiger charge is 2.54. The van der Waals surface area contributed by atoms with Gasteiger partial charge in [-0.1, -0.05) is 55.1 Å². The lowest BCUT2D eigenvalue weighted by Gasteiger charge is -2.30. The van der Waals surface area contributed by atoms with Gasteiger partial charge in [0.1, 0.15) is 12.3 Å². The van der Waals surface area contributed by atoms with E-state index >= 15 is 0 Å². The van der Waals surface area contributed by atoms with Gasteiger partial charge >= 0.3 is 0 Å². The van der Waals surface area contributed by atoms with Crippen molar-refractivity contribution in [1.29, 1.82) is 0 Å². The number of carbonyl (C=O) groups excluding carboxylic acids is 4. The summed E-state index contributed by atoms with van der Waals surface area (Å²) < 4.78 is 5.12. The Balaban J connectivity index is 1.71. The molecule has 0 N–H and O–H groups in total. The monoisotopic (exact) mass is 644 g/mol. The molecule has 1 aliphatic carbocycles. The Morgan fingerprint density at radius 2 is 1.57 bits per heavy atom. The fourth-order valence-electron chi connectivity index (χ4n) is 4.36. The number of methoxy groups -OCH3 is 1. The number of halogens is 4. The number of ketones is 1. The maximum absolute atomic E-state index is 13.6. The van der Waals surface area contributed by atoms with Crippen LogP contribution in [0.2, 0.25) is 10.0 Å². The van der Waals surface area contributed by atoms with Crippen LogP contribution in [0.3, 0.4) is 0 Å². The molecular weight excluding hydrogens is 627 g/mol. The predicted octanol–water partition coefficient (Wildman–Crippen LogP) is 5.16. The van der Waals surface area contributed by atoms with Crippen molar-refractivity contribution in [2.75, 3.05) is 13.7 Å². The van der Waals surface area contributed by atoms with Gasteiger partial charge in [0.25, 0.3) is 17.7 Å². The first-order valence-corrected chi connectivity index (χ1v) is 13.3. The summed E-state index contributed by atoms with van der Waals surface area (Å²) in [4.78, 5) is 53.6. The summed E-state index contributed by atoms with van der Waals surface area (Å²) in [7, 11) is 1.51. The number of hydrazine groups is 1. The number of carbonyl (C=O) groups is 4. The Kier molecular flexibility index (Phi) is 7.90. The number of hydrogen-bond acceptors (Lipinski definition) is 5. The SMILES string of the molecule is COc1ccc(C(=O)CN(C(=O)c2ccc(Cl)cc2Cl)N2C(=O)[C@H]3C[C@H](Br)[C@@H](Br)C[C@H]3C2=O)cc1. The molecule has 2 fully saturated rings. The molecule has 1 aliphatic heterocycles. The van der Waals surface area contributed by atoms with Crippen molar-refractivity contribution in [3.8, 4) is 5.75 Å². The Morgan fingerprint density at radius 1 is 1.00 bits per heavy atom. The summed E-state index contributed by atoms with van der Waals surface area (Å²) in [6, 6.07) is 10.6. The number of amides is 3. The maximum atomic E-state index is 13.6. The minimum atomic E-state index is -0.750. The van der Waals surface area contributed by atoms with Gasteiger partial charge in [0.05, 0.1) is 29.5 Å². The zero-order chi connectivity index (χ0) is 25.4. The lowest BCUT2D eigenvalue weighted by Crippen LogP contribution is -2.52. The number of Topliss-reactive ketones (excluding diaryl/α,β-unsaturated/α-hetero) is 1. The fraction of sp³-hybridized carbons (Fsp3) is 0.333. The van der Waals surface area contributed by atoms with Crippen molar-refractivity contribution < 1.29 is 23.9 Å². The van der Waals surface area contributed by atoms with Crippen LogP contribution in [0.4, 0.5) is 0 Å². The van der Waals surface area contributed by atoms with Gasteiger partial charge in [-0.15, -0.1) is 0 Å². The molecule has 2 aromatic rings. The molecule has 7 nitrogen and oxygen atoms in total. The predicted molar refractivity (Wildman–Crippen MR) is 138 cm³/mol. The van der Waals surface area contributed by atoms with Crippen LogP contribution >= 0.6 is 55.1 Å². The van der Waals surface area contributed by atoms with E-state index in [0.29, 0.717) is 29.2 Å². The van der Waals surface area contributed by atoms with Crippen molar-refractivity contribution in [3.63, 3.8) is 0 Å². The molecule has 2 aromatic carbocycles. The molecule has 4 atom stereocenters. The summed E-state index contributed by atoms with van der Waals surface area (Å²) in [6.45, 7) is -0.531. The van der Waals surface area contributed by atoms with E-state index < -0.39 is 41.9 Å². The lowest BCUT2D eigenvalue weighted by atomic mass is 9.81. The first-order valence-electron chi connectivity index (χ1n) is 10.7. The van der Waals surface area contributed by atoms with Gasteiger partial charge in [0.15, 0.2) is 5.78 Å². The lowest BCUT2D eigenvalue weighted by molar-refractivity contribution is -0.154. The largest absolute Gasteiger partial charge is 0.497 e. The summed E-state index contributed by atoms with van der Waals surface area (Å²) in [5, 5.41) is 2.09. The third kappa shape index (κ3) is 5.14. The minimum Gasteiger partial charge on any atom is -0.497 e. The van der Waals surface area contributed by atoms with E-state index in [1.54, 1.807) is 24.3 Å². The number of alkyl halides is 2. The number of benzene rings is 2. The molecule has 1 heterocycles. The average molecular weight is 647 g/mol. The summed E-state index contributed by atoms with van der Waals surface area (Å²) in [6.07, 6.45) is 0.857. The standard InChI is InChI=1S/C24H20Br2Cl2N2O5/c1-35-14-5-2-12(3-6-14)21(31)11-29(22(32)15-7-4-13(27)8-20(15)28)30-23(33)16-9-18(25)19(26)10-17(16)24(30)34/h2-8,16-19H,9-11H2,1H3/t16-,17+,18-,19-/m0/s1. The van der Waals surface area contributed by atoms with Crippen LogP contribution in [-0.2, 0) is 9.59 Å². The molecule has 35 heavy (non-hydrogen) atoms. The number of hydrogen-bond donors (Lipinski definition) is 0. The van der Waals surface area contributed by atoms with Gasteiger partial charge in [0, 0.05) is 20.2 Å². The Hall–Kier alpha value is -1.94. The van der Waals surface area contributed by atoms with Crippen LogP contribution in [0, 0.1) is 11.8 Å². The van der Waals surface area contributed by atoms with Gasteiger partial charge in [-0.3, -0.25) is 19.2 Å². The first kappa shape index (κ1) is 26.1. The summed E-state index contributed by atoms with van der Waals surface area (Å²) in [5.74, 6) is -2.85. The second-order valence-corrected chi connectivity index (χ2v) is 11.5. The van der Waals surface area contributed by atoms with Gasteiger partial charge in [-0.2, -0.15) is 5.01 Å². The van der Waals surface area contributed by atoms with E-state index in [1.807, 2.05) is 0 Å². The number of nitrogens with zero attached hydrogens (tertiary/aromatic N) is 2.